The van der Waals surface area contributed by atoms with Crippen molar-refractivity contribution in [3.8, 4) is 0 Å². The Bertz CT molecular complexity index is 1390. The fraction of sp³-hybridized carbons (Fsp3) is 0.276. The molecule has 3 aliphatic heterocycles. The molecule has 2 fully saturated rings. The molecule has 5 nitrogen and oxygen atoms in total. The summed E-state index contributed by atoms with van der Waals surface area (Å²) >= 11 is 0. The van der Waals surface area contributed by atoms with Gasteiger partial charge in [0.1, 0.15) is 6.04 Å². The first-order valence-corrected chi connectivity index (χ1v) is 11.7. The number of nitrogens with zero attached hydrogens (tertiary/aromatic N) is 2. The maximum Gasteiger partial charge on any atom is 0.240 e. The molecule has 3 aliphatic rings. The van der Waals surface area contributed by atoms with Gasteiger partial charge in [0.2, 0.25) is 11.8 Å². The zero-order chi connectivity index (χ0) is 23.8. The van der Waals surface area contributed by atoms with Crippen LogP contribution < -0.4 is 4.90 Å². The molecule has 3 heterocycles. The molecule has 5 heteroatoms. The van der Waals surface area contributed by atoms with Crippen molar-refractivity contribution in [1.82, 2.24) is 4.90 Å². The Kier molecular flexibility index (Phi) is 4.37. The molecule has 2 saturated heterocycles. The van der Waals surface area contributed by atoms with Crippen molar-refractivity contribution < 1.29 is 14.4 Å². The van der Waals surface area contributed by atoms with Gasteiger partial charge in [-0.05, 0) is 28.7 Å². The third-order valence-corrected chi connectivity index (χ3v) is 7.48. The SMILES string of the molecule is CC(C)(C)C(=O)[C@@H]1[C@H]2C(=O)N(c3cccc4ccccc34)C(=O)[C@@H]2[C@H]2c3ccccc3C=CN12. The van der Waals surface area contributed by atoms with Crippen LogP contribution in [0.1, 0.15) is 37.9 Å². The predicted molar refractivity (Wildman–Crippen MR) is 132 cm³/mol. The van der Waals surface area contributed by atoms with Crippen LogP contribution >= 0.6 is 0 Å². The Morgan fingerprint density at radius 3 is 2.29 bits per heavy atom. The van der Waals surface area contributed by atoms with E-state index in [-0.39, 0.29) is 23.6 Å². The highest BCUT2D eigenvalue weighted by molar-refractivity contribution is 6.26. The minimum absolute atomic E-state index is 0.0186. The lowest BCUT2D eigenvalue weighted by atomic mass is 9.79. The third kappa shape index (κ3) is 2.76. The molecule has 4 atom stereocenters. The molecule has 3 aromatic rings. The smallest absolute Gasteiger partial charge is 0.240 e. The van der Waals surface area contributed by atoms with Gasteiger partial charge in [0.15, 0.2) is 5.78 Å². The van der Waals surface area contributed by atoms with E-state index in [0.717, 1.165) is 21.9 Å². The van der Waals surface area contributed by atoms with E-state index in [1.54, 1.807) is 0 Å². The first kappa shape index (κ1) is 20.8. The molecular weight excluding hydrogens is 424 g/mol. The second-order valence-electron chi connectivity index (χ2n) is 10.5. The largest absolute Gasteiger partial charge is 0.359 e. The lowest BCUT2D eigenvalue weighted by Gasteiger charge is -2.37. The average molecular weight is 451 g/mol. The Balaban J connectivity index is 1.54. The topological polar surface area (TPSA) is 57.7 Å². The van der Waals surface area contributed by atoms with Gasteiger partial charge in [-0.1, -0.05) is 81.4 Å². The number of carbonyl (C=O) groups excluding carboxylic acids is 3. The van der Waals surface area contributed by atoms with E-state index in [2.05, 4.69) is 0 Å². The number of anilines is 1. The van der Waals surface area contributed by atoms with Crippen molar-refractivity contribution in [2.75, 3.05) is 4.90 Å². The van der Waals surface area contributed by atoms with Crippen LogP contribution in [-0.4, -0.2) is 28.5 Å². The van der Waals surface area contributed by atoms with Crippen molar-refractivity contribution in [3.05, 3.63) is 84.1 Å². The molecular formula is C29H26N2O3. The van der Waals surface area contributed by atoms with E-state index in [9.17, 15) is 14.4 Å². The fourth-order valence-electron chi connectivity index (χ4n) is 5.94. The van der Waals surface area contributed by atoms with Crippen LogP contribution in [0.25, 0.3) is 16.8 Å². The van der Waals surface area contributed by atoms with Crippen molar-refractivity contribution in [2.45, 2.75) is 32.9 Å². The number of hydrogen-bond acceptors (Lipinski definition) is 4. The molecule has 0 radical (unpaired) electrons. The number of ketones is 1. The second kappa shape index (κ2) is 7.13. The van der Waals surface area contributed by atoms with Crippen LogP contribution in [-0.2, 0) is 14.4 Å². The summed E-state index contributed by atoms with van der Waals surface area (Å²) in [7, 11) is 0. The summed E-state index contributed by atoms with van der Waals surface area (Å²) in [4.78, 5) is 45.2. The van der Waals surface area contributed by atoms with E-state index in [1.165, 1.54) is 4.90 Å². The maximum absolute atomic E-state index is 14.1. The number of benzene rings is 3. The molecule has 0 aromatic heterocycles. The summed E-state index contributed by atoms with van der Waals surface area (Å²) in [6.45, 7) is 5.63. The summed E-state index contributed by atoms with van der Waals surface area (Å²) < 4.78 is 0. The highest BCUT2D eigenvalue weighted by Gasteiger charge is 2.65. The van der Waals surface area contributed by atoms with Crippen LogP contribution in [0.5, 0.6) is 0 Å². The molecule has 0 aliphatic carbocycles. The molecule has 2 amide bonds. The van der Waals surface area contributed by atoms with Gasteiger partial charge < -0.3 is 4.90 Å². The zero-order valence-electron chi connectivity index (χ0n) is 19.4. The summed E-state index contributed by atoms with van der Waals surface area (Å²) in [6.07, 6.45) is 3.88. The number of imide groups is 1. The third-order valence-electron chi connectivity index (χ3n) is 7.48. The van der Waals surface area contributed by atoms with E-state index < -0.39 is 23.3 Å². The first-order chi connectivity index (χ1) is 16.3. The van der Waals surface area contributed by atoms with Gasteiger partial charge in [-0.3, -0.25) is 14.4 Å². The Morgan fingerprint density at radius 2 is 1.50 bits per heavy atom. The second-order valence-corrected chi connectivity index (χ2v) is 10.5. The fourth-order valence-corrected chi connectivity index (χ4v) is 5.94. The summed E-state index contributed by atoms with van der Waals surface area (Å²) in [5.41, 5.74) is 1.96. The van der Waals surface area contributed by atoms with E-state index in [4.69, 9.17) is 0 Å². The van der Waals surface area contributed by atoms with Gasteiger partial charge in [0.25, 0.3) is 0 Å². The van der Waals surface area contributed by atoms with Gasteiger partial charge in [0.05, 0.1) is 23.6 Å². The highest BCUT2D eigenvalue weighted by atomic mass is 16.2. The molecule has 6 rings (SSSR count). The Labute approximate surface area is 198 Å². The van der Waals surface area contributed by atoms with Gasteiger partial charge in [-0.15, -0.1) is 0 Å². The molecule has 3 aromatic carbocycles. The summed E-state index contributed by atoms with van der Waals surface area (Å²) in [5.74, 6) is -1.87. The summed E-state index contributed by atoms with van der Waals surface area (Å²) in [6, 6.07) is 20.3. The van der Waals surface area contributed by atoms with Crippen molar-refractivity contribution in [2.24, 2.45) is 17.3 Å². The van der Waals surface area contributed by atoms with Crippen molar-refractivity contribution in [3.63, 3.8) is 0 Å². The molecule has 170 valence electrons. The standard InChI is InChI=1S/C29H26N2O3/c1-29(2,3)26(32)25-23-22(24-20-13-7-5-10-18(20)15-16-30(24)25)27(33)31(28(23)34)21-14-8-11-17-9-4-6-12-19(17)21/h4-16,22-25H,1-3H3/t22-,23-,24+,25-/m0/s1. The quantitative estimate of drug-likeness (QED) is 0.517. The molecule has 0 saturated carbocycles. The van der Waals surface area contributed by atoms with Crippen LogP contribution in [0, 0.1) is 17.3 Å². The zero-order valence-corrected chi connectivity index (χ0v) is 19.4. The number of rotatable bonds is 2. The monoisotopic (exact) mass is 450 g/mol. The molecule has 0 unspecified atom stereocenters. The van der Waals surface area contributed by atoms with E-state index in [0.29, 0.717) is 5.69 Å². The minimum Gasteiger partial charge on any atom is -0.359 e. The van der Waals surface area contributed by atoms with Crippen molar-refractivity contribution >= 4 is 40.1 Å². The lowest BCUT2D eigenvalue weighted by Crippen LogP contribution is -2.47. The first-order valence-electron chi connectivity index (χ1n) is 11.7. The average Bonchev–Trinajstić information content (AvgIpc) is 3.30. The molecule has 0 bridgehead atoms. The minimum atomic E-state index is -0.723. The maximum atomic E-state index is 14.1. The number of carbonyl (C=O) groups is 3. The highest BCUT2D eigenvalue weighted by Crippen LogP contribution is 2.54. The van der Waals surface area contributed by atoms with Crippen LogP contribution in [0.15, 0.2) is 72.9 Å². The van der Waals surface area contributed by atoms with Gasteiger partial charge in [-0.2, -0.15) is 0 Å². The Morgan fingerprint density at radius 1 is 0.824 bits per heavy atom. The van der Waals surface area contributed by atoms with Crippen LogP contribution in [0.4, 0.5) is 5.69 Å². The molecule has 34 heavy (non-hydrogen) atoms. The number of hydrogen-bond donors (Lipinski definition) is 0. The van der Waals surface area contributed by atoms with Gasteiger partial charge in [0, 0.05) is 17.0 Å². The van der Waals surface area contributed by atoms with Gasteiger partial charge >= 0.3 is 0 Å². The number of Topliss-reactive ketones (excluding diaryl/α,β-unsaturated/α-hetero) is 1. The number of fused-ring (bicyclic) bond motifs is 6. The normalized spacial score (nSPS) is 25.5. The van der Waals surface area contributed by atoms with Crippen molar-refractivity contribution in [1.29, 1.82) is 0 Å². The summed E-state index contributed by atoms with van der Waals surface area (Å²) in [5, 5.41) is 1.82. The van der Waals surface area contributed by atoms with Crippen LogP contribution in [0.3, 0.4) is 0 Å². The van der Waals surface area contributed by atoms with E-state index in [1.807, 2.05) is 105 Å². The van der Waals surface area contributed by atoms with E-state index >= 15 is 0 Å². The Hall–Kier alpha value is -3.73. The number of amides is 2. The lowest BCUT2D eigenvalue weighted by molar-refractivity contribution is -0.135. The van der Waals surface area contributed by atoms with Gasteiger partial charge in [-0.25, -0.2) is 4.90 Å². The molecule has 0 N–H and O–H groups in total. The predicted octanol–water partition coefficient (Wildman–Crippen LogP) is 4.97. The van der Waals surface area contributed by atoms with Crippen LogP contribution in [0.2, 0.25) is 0 Å². The molecule has 0 spiro atoms.